The van der Waals surface area contributed by atoms with E-state index in [0.717, 1.165) is 16.8 Å². The summed E-state index contributed by atoms with van der Waals surface area (Å²) in [7, 11) is 1.31. The number of carbonyl (C=O) groups excluding carboxylic acids is 2. The van der Waals surface area contributed by atoms with Crippen molar-refractivity contribution in [2.45, 2.75) is 13.8 Å². The third-order valence-corrected chi connectivity index (χ3v) is 4.21. The Labute approximate surface area is 163 Å². The van der Waals surface area contributed by atoms with Crippen LogP contribution in [0.1, 0.15) is 31.8 Å². The molecule has 0 aliphatic rings. The van der Waals surface area contributed by atoms with Crippen molar-refractivity contribution in [2.24, 2.45) is 0 Å². The standard InChI is InChI=1S/C22H21N3O3/c1-14-7-8-15(2)20(9-14)24-19-11-17(12-23-13-19)21(26)25-18-6-4-5-16(10-18)22(27)28-3/h4-13,24H,1-3H3,(H,25,26). The highest BCUT2D eigenvalue weighted by atomic mass is 16.5. The number of esters is 1. The summed E-state index contributed by atoms with van der Waals surface area (Å²) < 4.78 is 4.70. The molecule has 0 unspecified atom stereocenters. The Morgan fingerprint density at radius 1 is 0.929 bits per heavy atom. The van der Waals surface area contributed by atoms with Crippen molar-refractivity contribution >= 4 is 28.9 Å². The van der Waals surface area contributed by atoms with Gasteiger partial charge in [-0.15, -0.1) is 0 Å². The van der Waals surface area contributed by atoms with E-state index in [4.69, 9.17) is 4.74 Å². The number of pyridine rings is 1. The third kappa shape index (κ3) is 4.54. The smallest absolute Gasteiger partial charge is 0.337 e. The highest BCUT2D eigenvalue weighted by Crippen LogP contribution is 2.22. The van der Waals surface area contributed by atoms with Crippen LogP contribution in [0.2, 0.25) is 0 Å². The van der Waals surface area contributed by atoms with E-state index >= 15 is 0 Å². The topological polar surface area (TPSA) is 80.3 Å². The second-order valence-electron chi connectivity index (χ2n) is 6.43. The van der Waals surface area contributed by atoms with E-state index in [-0.39, 0.29) is 5.91 Å². The lowest BCUT2D eigenvalue weighted by molar-refractivity contribution is 0.0600. The molecule has 0 fully saturated rings. The summed E-state index contributed by atoms with van der Waals surface area (Å²) in [5, 5.41) is 6.07. The van der Waals surface area contributed by atoms with Crippen LogP contribution < -0.4 is 10.6 Å². The minimum atomic E-state index is -0.461. The van der Waals surface area contributed by atoms with Crippen LogP contribution in [-0.4, -0.2) is 24.0 Å². The number of rotatable bonds is 5. The molecule has 0 aliphatic carbocycles. The van der Waals surface area contributed by atoms with Crippen molar-refractivity contribution in [2.75, 3.05) is 17.7 Å². The molecule has 1 aromatic heterocycles. The predicted octanol–water partition coefficient (Wildman–Crippen LogP) is 4.48. The van der Waals surface area contributed by atoms with Gasteiger partial charge in [0.2, 0.25) is 0 Å². The molecule has 1 heterocycles. The lowest BCUT2D eigenvalue weighted by Gasteiger charge is -2.12. The van der Waals surface area contributed by atoms with Crippen molar-refractivity contribution < 1.29 is 14.3 Å². The Kier molecular flexibility index (Phi) is 5.69. The Balaban J connectivity index is 1.77. The van der Waals surface area contributed by atoms with Gasteiger partial charge in [0.05, 0.1) is 30.1 Å². The van der Waals surface area contributed by atoms with Gasteiger partial charge >= 0.3 is 5.97 Å². The number of aryl methyl sites for hydroxylation is 2. The largest absolute Gasteiger partial charge is 0.465 e. The van der Waals surface area contributed by atoms with Crippen molar-refractivity contribution in [1.29, 1.82) is 0 Å². The number of amides is 1. The maximum absolute atomic E-state index is 12.6. The molecule has 142 valence electrons. The van der Waals surface area contributed by atoms with Gasteiger partial charge in [0.1, 0.15) is 0 Å². The first-order valence-electron chi connectivity index (χ1n) is 8.75. The summed E-state index contributed by atoms with van der Waals surface area (Å²) in [6.45, 7) is 4.04. The summed E-state index contributed by atoms with van der Waals surface area (Å²) in [6.07, 6.45) is 3.16. The molecule has 0 saturated carbocycles. The minimum absolute atomic E-state index is 0.320. The highest BCUT2D eigenvalue weighted by molar-refractivity contribution is 6.05. The zero-order valence-corrected chi connectivity index (χ0v) is 15.9. The normalized spacial score (nSPS) is 10.2. The average Bonchev–Trinajstić information content (AvgIpc) is 2.70. The van der Waals surface area contributed by atoms with E-state index in [1.807, 2.05) is 32.0 Å². The fourth-order valence-electron chi connectivity index (χ4n) is 2.70. The van der Waals surface area contributed by atoms with Gasteiger partial charge < -0.3 is 15.4 Å². The van der Waals surface area contributed by atoms with Crippen LogP contribution >= 0.6 is 0 Å². The monoisotopic (exact) mass is 375 g/mol. The highest BCUT2D eigenvalue weighted by Gasteiger charge is 2.11. The summed E-state index contributed by atoms with van der Waals surface area (Å²) in [5.74, 6) is -0.781. The zero-order chi connectivity index (χ0) is 20.1. The molecule has 2 N–H and O–H groups in total. The number of carbonyl (C=O) groups is 2. The van der Waals surface area contributed by atoms with Crippen molar-refractivity contribution in [3.63, 3.8) is 0 Å². The molecule has 0 bridgehead atoms. The van der Waals surface area contributed by atoms with Crippen LogP contribution in [0, 0.1) is 13.8 Å². The number of anilines is 3. The molecule has 6 heteroatoms. The SMILES string of the molecule is COC(=O)c1cccc(NC(=O)c2cncc(Nc3cc(C)ccc3C)c2)c1. The molecule has 3 aromatic rings. The van der Waals surface area contributed by atoms with Crippen LogP contribution in [0.3, 0.4) is 0 Å². The molecule has 1 amide bonds. The third-order valence-electron chi connectivity index (χ3n) is 4.21. The number of hydrogen-bond acceptors (Lipinski definition) is 5. The number of ether oxygens (including phenoxy) is 1. The first-order valence-corrected chi connectivity index (χ1v) is 8.75. The number of methoxy groups -OCH3 is 1. The van der Waals surface area contributed by atoms with E-state index in [9.17, 15) is 9.59 Å². The molecular weight excluding hydrogens is 354 g/mol. The van der Waals surface area contributed by atoms with Gasteiger partial charge in [-0.3, -0.25) is 9.78 Å². The minimum Gasteiger partial charge on any atom is -0.465 e. The lowest BCUT2D eigenvalue weighted by Crippen LogP contribution is -2.13. The number of hydrogen-bond donors (Lipinski definition) is 2. The van der Waals surface area contributed by atoms with Crippen molar-refractivity contribution in [3.8, 4) is 0 Å². The van der Waals surface area contributed by atoms with Gasteiger partial charge in [0.25, 0.3) is 5.91 Å². The summed E-state index contributed by atoms with van der Waals surface area (Å²) in [4.78, 5) is 28.4. The fraction of sp³-hybridized carbons (Fsp3) is 0.136. The number of aromatic nitrogens is 1. The lowest BCUT2D eigenvalue weighted by atomic mass is 10.1. The molecule has 0 aliphatic heterocycles. The van der Waals surface area contributed by atoms with Crippen molar-refractivity contribution in [3.05, 3.63) is 83.2 Å². The molecule has 6 nitrogen and oxygen atoms in total. The second-order valence-corrected chi connectivity index (χ2v) is 6.43. The molecule has 2 aromatic carbocycles. The van der Waals surface area contributed by atoms with Crippen LogP contribution in [0.5, 0.6) is 0 Å². The van der Waals surface area contributed by atoms with Crippen LogP contribution in [-0.2, 0) is 4.74 Å². The number of nitrogens with zero attached hydrogens (tertiary/aromatic N) is 1. The van der Waals surface area contributed by atoms with Crippen LogP contribution in [0.25, 0.3) is 0 Å². The molecule has 0 spiro atoms. The van der Waals surface area contributed by atoms with Gasteiger partial charge in [-0.05, 0) is 55.3 Å². The first kappa shape index (κ1) is 19.1. The molecule has 3 rings (SSSR count). The van der Waals surface area contributed by atoms with Crippen LogP contribution in [0.15, 0.2) is 60.9 Å². The van der Waals surface area contributed by atoms with Gasteiger partial charge in [-0.2, -0.15) is 0 Å². The maximum Gasteiger partial charge on any atom is 0.337 e. The predicted molar refractivity (Wildman–Crippen MR) is 109 cm³/mol. The van der Waals surface area contributed by atoms with E-state index in [1.54, 1.807) is 36.5 Å². The molecule has 0 radical (unpaired) electrons. The Hall–Kier alpha value is -3.67. The van der Waals surface area contributed by atoms with Crippen LogP contribution in [0.4, 0.5) is 17.1 Å². The van der Waals surface area contributed by atoms with E-state index in [1.165, 1.54) is 13.3 Å². The Bertz CT molecular complexity index is 1030. The quantitative estimate of drug-likeness (QED) is 0.643. The first-order chi connectivity index (χ1) is 13.5. The zero-order valence-electron chi connectivity index (χ0n) is 15.9. The maximum atomic E-state index is 12.6. The second kappa shape index (κ2) is 8.35. The fourth-order valence-corrected chi connectivity index (χ4v) is 2.70. The average molecular weight is 375 g/mol. The number of benzene rings is 2. The molecule has 0 saturated heterocycles. The Morgan fingerprint density at radius 3 is 2.50 bits per heavy atom. The van der Waals surface area contributed by atoms with Crippen molar-refractivity contribution in [1.82, 2.24) is 4.98 Å². The van der Waals surface area contributed by atoms with E-state index in [0.29, 0.717) is 22.5 Å². The van der Waals surface area contributed by atoms with Gasteiger partial charge in [-0.25, -0.2) is 4.79 Å². The molecule has 28 heavy (non-hydrogen) atoms. The summed E-state index contributed by atoms with van der Waals surface area (Å²) >= 11 is 0. The van der Waals surface area contributed by atoms with E-state index < -0.39 is 5.97 Å². The number of nitrogens with one attached hydrogen (secondary N) is 2. The Morgan fingerprint density at radius 2 is 1.71 bits per heavy atom. The van der Waals surface area contributed by atoms with Gasteiger partial charge in [0.15, 0.2) is 0 Å². The van der Waals surface area contributed by atoms with E-state index in [2.05, 4.69) is 15.6 Å². The van der Waals surface area contributed by atoms with Gasteiger partial charge in [-0.1, -0.05) is 18.2 Å². The molecular formula is C22H21N3O3. The van der Waals surface area contributed by atoms with Gasteiger partial charge in [0, 0.05) is 17.6 Å². The molecule has 0 atom stereocenters. The summed E-state index contributed by atoms with van der Waals surface area (Å²) in [5.41, 5.74) is 5.18. The summed E-state index contributed by atoms with van der Waals surface area (Å²) in [6, 6.07) is 14.4.